The second kappa shape index (κ2) is 13.6. The van der Waals surface area contributed by atoms with Gasteiger partial charge in [-0.3, -0.25) is 28.6 Å². The smallest absolute Gasteiger partial charge is 0.282 e. The van der Waals surface area contributed by atoms with E-state index in [1.54, 1.807) is 53.2 Å². The summed E-state index contributed by atoms with van der Waals surface area (Å²) in [5.41, 5.74) is 2.11. The van der Waals surface area contributed by atoms with E-state index in [0.717, 1.165) is 16.6 Å². The average molecular weight is 680 g/mol. The number of halogens is 2. The quantitative estimate of drug-likeness (QED) is 0.167. The number of ether oxygens (including phenoxy) is 1. The van der Waals surface area contributed by atoms with Gasteiger partial charge in [0.25, 0.3) is 15.7 Å². The highest BCUT2D eigenvalue weighted by Crippen LogP contribution is 2.36. The first-order valence-electron chi connectivity index (χ1n) is 14.3. The number of benzene rings is 3. The summed E-state index contributed by atoms with van der Waals surface area (Å²) in [6.07, 6.45) is 5.45. The summed E-state index contributed by atoms with van der Waals surface area (Å²) in [6, 6.07) is 15.1. The van der Waals surface area contributed by atoms with Gasteiger partial charge in [0.2, 0.25) is 0 Å². The molecule has 0 amide bonds. The molecule has 250 valence electrons. The first kappa shape index (κ1) is 33.7. The summed E-state index contributed by atoms with van der Waals surface area (Å²) in [4.78, 5) is 29.1. The Morgan fingerprint density at radius 3 is 2.40 bits per heavy atom. The molecule has 48 heavy (non-hydrogen) atoms. The molecule has 3 aromatic heterocycles. The van der Waals surface area contributed by atoms with Crippen molar-refractivity contribution in [3.63, 3.8) is 0 Å². The van der Waals surface area contributed by atoms with Gasteiger partial charge in [-0.05, 0) is 60.2 Å². The first-order chi connectivity index (χ1) is 22.7. The highest BCUT2D eigenvalue weighted by Gasteiger charge is 2.26. The van der Waals surface area contributed by atoms with E-state index in [-0.39, 0.29) is 24.3 Å². The summed E-state index contributed by atoms with van der Waals surface area (Å²) in [6.45, 7) is 0.143. The number of anilines is 1. The Balaban J connectivity index is 0.000000840. The van der Waals surface area contributed by atoms with Crippen LogP contribution in [0.25, 0.3) is 16.6 Å². The van der Waals surface area contributed by atoms with E-state index in [9.17, 15) is 22.4 Å². The zero-order valence-corrected chi connectivity index (χ0v) is 27.1. The van der Waals surface area contributed by atoms with Gasteiger partial charge in [-0.15, -0.1) is 0 Å². The predicted molar refractivity (Wildman–Crippen MR) is 175 cm³/mol. The fourth-order valence-electron chi connectivity index (χ4n) is 5.05. The zero-order valence-electron chi connectivity index (χ0n) is 26.3. The molecule has 0 saturated carbocycles. The first-order valence-corrected chi connectivity index (χ1v) is 16.1. The summed E-state index contributed by atoms with van der Waals surface area (Å²) in [5.74, 6) is -1.17. The molecule has 6 rings (SSSR count). The van der Waals surface area contributed by atoms with Crippen LogP contribution in [-0.2, 0) is 30.1 Å². The molecule has 3 heterocycles. The number of fused-ring (bicyclic) bond motifs is 1. The van der Waals surface area contributed by atoms with Gasteiger partial charge in [-0.2, -0.15) is 18.6 Å². The lowest BCUT2D eigenvalue weighted by Gasteiger charge is -2.18. The number of aromatic nitrogens is 6. The largest absolute Gasteiger partial charge is 0.452 e. The van der Waals surface area contributed by atoms with Crippen LogP contribution >= 0.6 is 0 Å². The van der Waals surface area contributed by atoms with Crippen molar-refractivity contribution in [2.75, 3.05) is 25.3 Å². The fourth-order valence-corrected chi connectivity index (χ4v) is 5.05. The predicted octanol–water partition coefficient (Wildman–Crippen LogP) is 4.36. The standard InChI is InChI=1S/C31H27F2N7O3.CH4O3S/c1-37(2)25-16-24-20(17-34-36-24)15-29(25)43-28-10-5-19(13-23(28)33)14-27(41)30-26(18-39-12-4-11-35-39)38(3)40(31(30)42)22-8-6-21(32)7-9-22;1-5(2,3)4/h4-13,15-17H,14,18H2,1-3H3,(H,34,36);1H3,(H,2,3,4). The third-order valence-electron chi connectivity index (χ3n) is 7.19. The van der Waals surface area contributed by atoms with Crippen molar-refractivity contribution in [1.82, 2.24) is 29.3 Å². The van der Waals surface area contributed by atoms with Crippen LogP contribution in [0.2, 0.25) is 0 Å². The van der Waals surface area contributed by atoms with Crippen LogP contribution in [0.4, 0.5) is 14.5 Å². The number of nitrogens with one attached hydrogen (secondary N) is 1. The summed E-state index contributed by atoms with van der Waals surface area (Å²) in [5, 5.41) is 12.0. The van der Waals surface area contributed by atoms with Gasteiger partial charge in [-0.1, -0.05) is 6.07 Å². The van der Waals surface area contributed by atoms with E-state index in [1.165, 1.54) is 41.1 Å². The summed E-state index contributed by atoms with van der Waals surface area (Å²) < 4.78 is 65.2. The topological polar surface area (TPSA) is 157 Å². The minimum Gasteiger partial charge on any atom is -0.452 e. The molecule has 3 aromatic carbocycles. The third-order valence-corrected chi connectivity index (χ3v) is 7.19. The molecule has 16 heteroatoms. The van der Waals surface area contributed by atoms with Crippen LogP contribution in [0.15, 0.2) is 84.0 Å². The maximum atomic E-state index is 15.3. The van der Waals surface area contributed by atoms with Crippen LogP contribution in [0.5, 0.6) is 11.5 Å². The number of carbonyl (C=O) groups excluding carboxylic acids is 1. The van der Waals surface area contributed by atoms with Crippen molar-refractivity contribution < 1.29 is 31.3 Å². The molecule has 2 N–H and O–H groups in total. The lowest BCUT2D eigenvalue weighted by Crippen LogP contribution is -2.23. The minimum absolute atomic E-state index is 0.0140. The van der Waals surface area contributed by atoms with Gasteiger partial charge in [0.15, 0.2) is 23.1 Å². The average Bonchev–Trinajstić information content (AvgIpc) is 3.74. The second-order valence-corrected chi connectivity index (χ2v) is 12.5. The molecular formula is C32H31F2N7O6S. The molecule has 0 saturated heterocycles. The van der Waals surface area contributed by atoms with Crippen LogP contribution in [0.1, 0.15) is 21.6 Å². The summed E-state index contributed by atoms with van der Waals surface area (Å²) >= 11 is 0. The monoisotopic (exact) mass is 679 g/mol. The molecule has 0 aliphatic heterocycles. The number of hydrogen-bond donors (Lipinski definition) is 2. The van der Waals surface area contributed by atoms with Crippen molar-refractivity contribution in [3.8, 4) is 17.2 Å². The van der Waals surface area contributed by atoms with E-state index < -0.39 is 33.1 Å². The highest BCUT2D eigenvalue weighted by atomic mass is 32.2. The number of aromatic amines is 1. The van der Waals surface area contributed by atoms with Crippen LogP contribution in [0.3, 0.4) is 0 Å². The molecule has 0 aliphatic carbocycles. The second-order valence-electron chi connectivity index (χ2n) is 11.0. The molecule has 0 fully saturated rings. The Labute approximate surface area is 273 Å². The number of hydrogen-bond acceptors (Lipinski definition) is 8. The molecule has 0 spiro atoms. The van der Waals surface area contributed by atoms with Gasteiger partial charge in [-0.25, -0.2) is 13.5 Å². The molecule has 0 radical (unpaired) electrons. The lowest BCUT2D eigenvalue weighted by molar-refractivity contribution is 0.0990. The van der Waals surface area contributed by atoms with E-state index in [1.807, 2.05) is 25.1 Å². The van der Waals surface area contributed by atoms with Gasteiger partial charge >= 0.3 is 0 Å². The van der Waals surface area contributed by atoms with Gasteiger partial charge in [0.05, 0.1) is 41.6 Å². The molecule has 0 unspecified atom stereocenters. The maximum absolute atomic E-state index is 15.3. The van der Waals surface area contributed by atoms with Gasteiger partial charge in [0, 0.05) is 45.3 Å². The number of H-pyrrole nitrogens is 1. The third kappa shape index (κ3) is 7.67. The van der Waals surface area contributed by atoms with Gasteiger partial charge in [0.1, 0.15) is 11.4 Å². The van der Waals surface area contributed by atoms with Crippen molar-refractivity contribution in [2.45, 2.75) is 13.0 Å². The molecule has 0 bridgehead atoms. The molecule has 13 nitrogen and oxygen atoms in total. The normalized spacial score (nSPS) is 11.3. The maximum Gasteiger partial charge on any atom is 0.282 e. The Kier molecular flexibility index (Phi) is 9.58. The van der Waals surface area contributed by atoms with Crippen molar-refractivity contribution in [2.24, 2.45) is 7.05 Å². The Morgan fingerprint density at radius 2 is 1.77 bits per heavy atom. The van der Waals surface area contributed by atoms with Gasteiger partial charge < -0.3 is 9.64 Å². The van der Waals surface area contributed by atoms with Crippen molar-refractivity contribution in [3.05, 3.63) is 118 Å². The Bertz CT molecular complexity index is 2250. The van der Waals surface area contributed by atoms with Crippen LogP contribution in [-0.4, -0.2) is 68.4 Å². The van der Waals surface area contributed by atoms with E-state index in [2.05, 4.69) is 15.3 Å². The molecule has 0 aliphatic rings. The lowest BCUT2D eigenvalue weighted by atomic mass is 10.0. The number of ketones is 1. The number of nitrogens with zero attached hydrogens (tertiary/aromatic N) is 6. The van der Waals surface area contributed by atoms with Crippen LogP contribution in [0, 0.1) is 11.6 Å². The minimum atomic E-state index is -3.67. The van der Waals surface area contributed by atoms with E-state index in [4.69, 9.17) is 9.29 Å². The van der Waals surface area contributed by atoms with E-state index >= 15 is 4.39 Å². The summed E-state index contributed by atoms with van der Waals surface area (Å²) in [7, 11) is 1.68. The van der Waals surface area contributed by atoms with E-state index in [0.29, 0.717) is 29.0 Å². The van der Waals surface area contributed by atoms with Crippen molar-refractivity contribution in [1.29, 1.82) is 0 Å². The highest BCUT2D eigenvalue weighted by molar-refractivity contribution is 7.85. The molecule has 6 aromatic rings. The number of carbonyl (C=O) groups is 1. The molecular weight excluding hydrogens is 648 g/mol. The van der Waals surface area contributed by atoms with Crippen molar-refractivity contribution >= 4 is 32.5 Å². The SMILES string of the molecule is CN(C)c1cc2[nH]ncc2cc1Oc1ccc(CC(=O)c2c(Cn3cccn3)n(C)n(-c3ccc(F)cc3)c2=O)cc1F.CS(=O)(=O)O. The Morgan fingerprint density at radius 1 is 1.06 bits per heavy atom. The Hall–Kier alpha value is -5.61. The van der Waals surface area contributed by atoms with Crippen LogP contribution < -0.4 is 15.2 Å². The molecule has 0 atom stereocenters. The number of rotatable bonds is 9. The number of Topliss-reactive ketones (excluding diaryl/α,β-unsaturated/α-hetero) is 1. The zero-order chi connectivity index (χ0) is 34.7. The fraction of sp³-hybridized carbons (Fsp3) is 0.188.